The highest BCUT2D eigenvalue weighted by molar-refractivity contribution is 7.85. The van der Waals surface area contributed by atoms with Crippen molar-refractivity contribution in [1.29, 1.82) is 0 Å². The third-order valence-corrected chi connectivity index (χ3v) is 11.7. The summed E-state index contributed by atoms with van der Waals surface area (Å²) >= 11 is 0. The minimum atomic E-state index is -4.92. The molecule has 3 N–H and O–H groups in total. The molecule has 2 aliphatic carbocycles. The van der Waals surface area contributed by atoms with Crippen molar-refractivity contribution in [2.75, 3.05) is 26.9 Å². The molecule has 2 aromatic rings. The van der Waals surface area contributed by atoms with Crippen LogP contribution in [-0.2, 0) is 38.3 Å². The molecule has 4 fully saturated rings. The molecule has 0 radical (unpaired) electrons. The number of hydrogen-bond donors (Lipinski definition) is 3. The van der Waals surface area contributed by atoms with E-state index in [1.54, 1.807) is 31.2 Å². The maximum absolute atomic E-state index is 14.6. The molecule has 4 aliphatic rings. The quantitative estimate of drug-likeness (QED) is 0.252. The van der Waals surface area contributed by atoms with E-state index < -0.39 is 87.6 Å². The van der Waals surface area contributed by atoms with E-state index in [-0.39, 0.29) is 51.3 Å². The molecule has 4 amide bonds. The number of alkyl carbamates (subject to hydrolysis) is 1. The number of hydrogen-bond acceptors (Lipinski definition) is 12. The van der Waals surface area contributed by atoms with Crippen LogP contribution in [-0.4, -0.2) is 111 Å². The first kappa shape index (κ1) is 41.2. The number of carbonyl (C=O) groups is 4. The lowest BCUT2D eigenvalue weighted by atomic mass is 9.90. The molecule has 2 saturated heterocycles. The van der Waals surface area contributed by atoms with Gasteiger partial charge >= 0.3 is 22.6 Å². The van der Waals surface area contributed by atoms with E-state index in [0.717, 1.165) is 10.3 Å². The first-order valence-corrected chi connectivity index (χ1v) is 19.9. The fourth-order valence-electron chi connectivity index (χ4n) is 7.12. The summed E-state index contributed by atoms with van der Waals surface area (Å²) < 4.78 is 94.8. The fraction of sp³-hybridized carbons (Fsp3) is 0.639. The average Bonchev–Trinajstić information content (AvgIpc) is 4.05. The summed E-state index contributed by atoms with van der Waals surface area (Å²) in [6.07, 6.45) is -4.37. The summed E-state index contributed by atoms with van der Waals surface area (Å²) in [7, 11) is -2.96. The average molecular weight is 814 g/mol. The highest BCUT2D eigenvalue weighted by Gasteiger charge is 2.62. The zero-order valence-corrected chi connectivity index (χ0v) is 32.2. The molecule has 1 unspecified atom stereocenters. The number of methoxy groups -OCH3 is 1. The normalized spacial score (nSPS) is 24.9. The lowest BCUT2D eigenvalue weighted by Crippen LogP contribution is -2.60. The fourth-order valence-corrected chi connectivity index (χ4v) is 8.13. The second-order valence-corrected chi connectivity index (χ2v) is 16.4. The van der Waals surface area contributed by atoms with Gasteiger partial charge in [0.1, 0.15) is 29.5 Å². The van der Waals surface area contributed by atoms with Crippen molar-refractivity contribution in [2.24, 2.45) is 11.8 Å². The van der Waals surface area contributed by atoms with Crippen molar-refractivity contribution in [3.8, 4) is 11.6 Å². The predicted molar refractivity (Wildman–Crippen MR) is 190 cm³/mol. The number of carbonyl (C=O) groups excluding carboxylic acids is 4. The molecule has 0 bridgehead atoms. The van der Waals surface area contributed by atoms with Gasteiger partial charge in [0.05, 0.1) is 19.8 Å². The number of fused-ring (bicyclic) bond motifs is 1. The number of rotatable bonds is 14. The number of benzene rings is 1. The number of pyridine rings is 1. The Labute approximate surface area is 321 Å². The molecule has 20 heteroatoms. The number of halogens is 3. The molecule has 2 saturated carbocycles. The highest BCUT2D eigenvalue weighted by atomic mass is 32.2. The van der Waals surface area contributed by atoms with Crippen LogP contribution in [0.15, 0.2) is 30.5 Å². The number of aromatic nitrogens is 1. The topological polar surface area (TPSA) is 201 Å². The largest absolute Gasteiger partial charge is 0.497 e. The van der Waals surface area contributed by atoms with Gasteiger partial charge in [-0.25, -0.2) is 14.5 Å². The second kappa shape index (κ2) is 15.8. The third-order valence-electron chi connectivity index (χ3n) is 10.7. The summed E-state index contributed by atoms with van der Waals surface area (Å²) in [6.45, 7) is 3.30. The van der Waals surface area contributed by atoms with Gasteiger partial charge in [0.15, 0.2) is 0 Å². The number of likely N-dealkylation sites (tertiary alicyclic amines) is 1. The Morgan fingerprint density at radius 2 is 1.79 bits per heavy atom. The van der Waals surface area contributed by atoms with Crippen molar-refractivity contribution in [1.82, 2.24) is 25.2 Å². The summed E-state index contributed by atoms with van der Waals surface area (Å²) in [4.78, 5) is 61.0. The van der Waals surface area contributed by atoms with Gasteiger partial charge < -0.3 is 34.5 Å². The van der Waals surface area contributed by atoms with Crippen LogP contribution in [0.2, 0.25) is 0 Å². The minimum absolute atomic E-state index is 0.108. The third kappa shape index (κ3) is 9.07. The van der Waals surface area contributed by atoms with E-state index in [4.69, 9.17) is 23.1 Å². The van der Waals surface area contributed by atoms with Gasteiger partial charge in [-0.05, 0) is 87.4 Å². The molecule has 56 heavy (non-hydrogen) atoms. The van der Waals surface area contributed by atoms with Crippen LogP contribution >= 0.6 is 0 Å². The molecule has 3 heterocycles. The van der Waals surface area contributed by atoms with E-state index in [0.29, 0.717) is 44.2 Å². The molecule has 1 aromatic heterocycles. The van der Waals surface area contributed by atoms with Gasteiger partial charge in [-0.15, -0.1) is 0 Å². The van der Waals surface area contributed by atoms with Crippen molar-refractivity contribution < 1.29 is 63.9 Å². The van der Waals surface area contributed by atoms with Crippen LogP contribution in [0.25, 0.3) is 10.8 Å². The summed E-state index contributed by atoms with van der Waals surface area (Å²) in [5.41, 5.74) is -4.53. The number of ether oxygens (including phenoxy) is 4. The Balaban J connectivity index is 1.29. The maximum Gasteiger partial charge on any atom is 0.427 e. The lowest BCUT2D eigenvalue weighted by Gasteiger charge is -2.35. The number of nitrogens with zero attached hydrogens (tertiary/aromatic N) is 2. The molecule has 5 atom stereocenters. The monoisotopic (exact) mass is 813 g/mol. The van der Waals surface area contributed by atoms with Crippen molar-refractivity contribution in [2.45, 2.75) is 107 Å². The van der Waals surface area contributed by atoms with E-state index in [9.17, 15) is 40.8 Å². The summed E-state index contributed by atoms with van der Waals surface area (Å²) in [5.74, 6) is -2.89. The van der Waals surface area contributed by atoms with Gasteiger partial charge in [-0.3, -0.25) is 18.6 Å². The highest BCUT2D eigenvalue weighted by Crippen LogP contribution is 2.47. The van der Waals surface area contributed by atoms with E-state index in [2.05, 4.69) is 15.6 Å². The molecule has 2 aliphatic heterocycles. The molecular weight excluding hydrogens is 767 g/mol. The van der Waals surface area contributed by atoms with Crippen LogP contribution < -0.4 is 24.8 Å². The minimum Gasteiger partial charge on any atom is -0.497 e. The zero-order valence-electron chi connectivity index (χ0n) is 31.3. The Morgan fingerprint density at radius 1 is 1.07 bits per heavy atom. The van der Waals surface area contributed by atoms with Gasteiger partial charge in [-0.2, -0.15) is 21.6 Å². The van der Waals surface area contributed by atoms with Crippen molar-refractivity contribution in [3.63, 3.8) is 0 Å². The van der Waals surface area contributed by atoms with Gasteiger partial charge in [0.25, 0.3) is 5.91 Å². The summed E-state index contributed by atoms with van der Waals surface area (Å²) in [6, 6.07) is 4.18. The van der Waals surface area contributed by atoms with Crippen molar-refractivity contribution in [3.05, 3.63) is 30.5 Å². The smallest absolute Gasteiger partial charge is 0.427 e. The Hall–Kier alpha value is -4.43. The van der Waals surface area contributed by atoms with Crippen LogP contribution in [0.4, 0.5) is 18.0 Å². The van der Waals surface area contributed by atoms with Gasteiger partial charge in [0.2, 0.25) is 23.3 Å². The van der Waals surface area contributed by atoms with Crippen LogP contribution in [0.3, 0.4) is 0 Å². The Bertz CT molecular complexity index is 1940. The van der Waals surface area contributed by atoms with E-state index >= 15 is 0 Å². The molecule has 0 spiro atoms. The lowest BCUT2D eigenvalue weighted by molar-refractivity contribution is -0.244. The van der Waals surface area contributed by atoms with Crippen molar-refractivity contribution >= 4 is 44.9 Å². The Morgan fingerprint density at radius 3 is 2.41 bits per heavy atom. The second-order valence-electron chi connectivity index (χ2n) is 15.1. The SMILES string of the molecule is CC[C@@H]1C[C@]1(NC(=O)[C@@H]1CC(Oc2nccc3cc(OC)ccc23)CN1C(=O)[C@@H](NC(=O)OC(C)(C)C(F)(F)F)C1CCOCC1)C(=O)NS(=O)(=O)OC1CC1. The molecule has 6 rings (SSSR count). The first-order valence-electron chi connectivity index (χ1n) is 18.5. The van der Waals surface area contributed by atoms with E-state index in [1.165, 1.54) is 13.3 Å². The van der Waals surface area contributed by atoms with Gasteiger partial charge in [0, 0.05) is 31.2 Å². The standard InChI is InChI=1S/C36H46F3N5O11S/c1-5-22-18-35(22,32(47)43-56(49,50)55-23-6-7-23)42-29(45)27-17-25(53-30-26-9-8-24(51-4)16-21(26)10-13-40-30)19-44(27)31(46)28(20-11-14-52-15-12-20)41-33(48)54-34(2,3)36(37,38)39/h8-10,13,16,20,22-23,25,27-28H,5-7,11-12,14-15,17-19H2,1-4H3,(H,41,48)(H,42,45)(H,43,47)/t22-,25?,27+,28+,35-/m1/s1. The van der Waals surface area contributed by atoms with Crippen LogP contribution in [0.5, 0.6) is 11.6 Å². The number of amides is 4. The molecule has 308 valence electrons. The number of nitrogens with one attached hydrogen (secondary N) is 3. The maximum atomic E-state index is 14.6. The predicted octanol–water partition coefficient (Wildman–Crippen LogP) is 3.28. The van der Waals surface area contributed by atoms with Crippen LogP contribution in [0, 0.1) is 11.8 Å². The summed E-state index contributed by atoms with van der Waals surface area (Å²) in [5, 5.41) is 6.39. The Kier molecular flexibility index (Phi) is 11.7. The zero-order chi connectivity index (χ0) is 40.6. The molecule has 1 aromatic carbocycles. The first-order chi connectivity index (χ1) is 26.4. The molecular formula is C36H46F3N5O11S. The number of alkyl halides is 3. The molecule has 16 nitrogen and oxygen atoms in total. The van der Waals surface area contributed by atoms with E-state index in [1.807, 2.05) is 4.72 Å². The van der Waals surface area contributed by atoms with Gasteiger partial charge in [-0.1, -0.05) is 13.3 Å². The van der Waals surface area contributed by atoms with Crippen LogP contribution in [0.1, 0.15) is 65.7 Å².